The van der Waals surface area contributed by atoms with Crippen LogP contribution in [0.3, 0.4) is 0 Å². The number of amides is 2. The van der Waals surface area contributed by atoms with Crippen LogP contribution in [-0.2, 0) is 50.7 Å². The van der Waals surface area contributed by atoms with E-state index in [4.69, 9.17) is 19.5 Å². The minimum atomic E-state index is -5.58. The van der Waals surface area contributed by atoms with Crippen molar-refractivity contribution >= 4 is 69.1 Å². The number of aromatic nitrogens is 4. The number of phosphoric ester groups is 3. The van der Waals surface area contributed by atoms with Crippen molar-refractivity contribution in [3.05, 3.63) is 12.7 Å². The second-order valence-corrected chi connectivity index (χ2v) is 19.7. The number of fused-ring (bicyclic) bond motifs is 1. The van der Waals surface area contributed by atoms with Crippen molar-refractivity contribution in [3.63, 3.8) is 0 Å². The lowest BCUT2D eigenvalue weighted by molar-refractivity contribution is -0.137. The van der Waals surface area contributed by atoms with Gasteiger partial charge in [-0.05, 0) is 6.42 Å². The van der Waals surface area contributed by atoms with E-state index in [0.29, 0.717) is 6.42 Å². The van der Waals surface area contributed by atoms with E-state index in [2.05, 4.69) is 41.3 Å². The van der Waals surface area contributed by atoms with Crippen LogP contribution in [0, 0.1) is 5.41 Å². The summed E-state index contributed by atoms with van der Waals surface area (Å²) in [6.07, 6.45) is -1.92. The third kappa shape index (κ3) is 17.0. The van der Waals surface area contributed by atoms with Gasteiger partial charge in [-0.15, -0.1) is 0 Å². The maximum Gasteiger partial charge on any atom is 0.481 e. The van der Waals surface area contributed by atoms with Gasteiger partial charge in [-0.25, -0.2) is 28.6 Å². The summed E-state index contributed by atoms with van der Waals surface area (Å²) in [7, 11) is -16.4. The molecule has 0 spiro atoms. The number of carbonyl (C=O) groups excluding carboxylic acids is 3. The van der Waals surface area contributed by atoms with Crippen LogP contribution in [0.1, 0.15) is 78.4 Å². The van der Waals surface area contributed by atoms with Crippen molar-refractivity contribution in [3.8, 4) is 0 Å². The molecule has 1 aliphatic heterocycles. The summed E-state index contributed by atoms with van der Waals surface area (Å²) in [6.45, 7) is 2.50. The molecule has 11 N–H and O–H groups in total. The van der Waals surface area contributed by atoms with Crippen molar-refractivity contribution in [1.82, 2.24) is 30.2 Å². The molecule has 3 heterocycles. The van der Waals surface area contributed by atoms with Crippen LogP contribution in [0.4, 0.5) is 5.82 Å². The maximum atomic E-state index is 12.7. The highest BCUT2D eigenvalue weighted by Gasteiger charge is 2.50. The van der Waals surface area contributed by atoms with Gasteiger partial charge in [-0.2, -0.15) is 4.31 Å². The predicted molar refractivity (Wildman–Crippen MR) is 211 cm³/mol. The molecule has 1 fully saturated rings. The Bertz CT molecular complexity index is 1890. The second-order valence-electron chi connectivity index (χ2n) is 14.4. The van der Waals surface area contributed by atoms with E-state index >= 15 is 0 Å². The molecule has 2 aromatic heterocycles. The van der Waals surface area contributed by atoms with Gasteiger partial charge in [-0.1, -0.05) is 64.6 Å². The van der Waals surface area contributed by atoms with Crippen molar-refractivity contribution in [2.75, 3.05) is 37.8 Å². The fourth-order valence-corrected chi connectivity index (χ4v) is 9.20. The summed E-state index contributed by atoms with van der Waals surface area (Å²) in [4.78, 5) is 87.9. The van der Waals surface area contributed by atoms with E-state index in [1.165, 1.54) is 13.8 Å². The molecule has 0 saturated carbocycles. The van der Waals surface area contributed by atoms with Gasteiger partial charge in [-0.3, -0.25) is 32.5 Å². The topological polar surface area (TPSA) is 384 Å². The van der Waals surface area contributed by atoms with Crippen LogP contribution in [0.2, 0.25) is 0 Å². The zero-order valence-corrected chi connectivity index (χ0v) is 36.5. The first kappa shape index (κ1) is 51.9. The molecule has 29 heteroatoms. The lowest BCUT2D eigenvalue weighted by Gasteiger charge is -2.30. The highest BCUT2D eigenvalue weighted by atomic mass is 32.2. The fourth-order valence-electron chi connectivity index (χ4n) is 5.63. The largest absolute Gasteiger partial charge is 0.481 e. The van der Waals surface area contributed by atoms with Gasteiger partial charge >= 0.3 is 23.5 Å². The van der Waals surface area contributed by atoms with Crippen LogP contribution in [-0.4, -0.2) is 134 Å². The number of anilines is 1. The van der Waals surface area contributed by atoms with Gasteiger partial charge in [0.05, 0.1) is 25.6 Å². The predicted octanol–water partition coefficient (Wildman–Crippen LogP) is 0.776. The fraction of sp³-hybridized carbons (Fsp3) is 0.742. The quantitative estimate of drug-likeness (QED) is 0.0437. The van der Waals surface area contributed by atoms with Crippen LogP contribution >= 0.6 is 35.2 Å². The first-order valence-corrected chi connectivity index (χ1v) is 24.2. The number of hydrogen-bond donors (Lipinski definition) is 10. The van der Waals surface area contributed by atoms with Crippen LogP contribution in [0.15, 0.2) is 12.7 Å². The van der Waals surface area contributed by atoms with E-state index in [-0.39, 0.29) is 53.8 Å². The molecule has 2 unspecified atom stereocenters. The Morgan fingerprint density at radius 3 is 2.37 bits per heavy atom. The number of hydrogen-bond acceptors (Lipinski definition) is 19. The Morgan fingerprint density at radius 1 is 1.00 bits per heavy atom. The SMILES string of the molecule is CCCCCCC[C@@H](O)CC(=O)SCCNC(=O)CCNC(=O)[C@H](O)C(C)(C)COP(=O)(O)OP(=O)(O)OC[C@H]1O[C@@H](n2cnc3c(N)ncnc32)[C@H](O)[C@@H]1OP(=O)(O)O. The number of phosphoric acid groups is 3. The molecule has 0 bridgehead atoms. The third-order valence-corrected chi connectivity index (χ3v) is 12.8. The summed E-state index contributed by atoms with van der Waals surface area (Å²) in [5, 5.41) is 36.3. The molecule has 2 aromatic rings. The third-order valence-electron chi connectivity index (χ3n) is 8.81. The minimum Gasteiger partial charge on any atom is -0.393 e. The lowest BCUT2D eigenvalue weighted by Crippen LogP contribution is -2.46. The van der Waals surface area contributed by atoms with Crippen molar-refractivity contribution < 1.29 is 85.6 Å². The van der Waals surface area contributed by atoms with Crippen LogP contribution < -0.4 is 16.4 Å². The smallest absolute Gasteiger partial charge is 0.393 e. The molecule has 8 atom stereocenters. The molecule has 0 aliphatic carbocycles. The molecule has 342 valence electrons. The first-order valence-electron chi connectivity index (χ1n) is 18.7. The Morgan fingerprint density at radius 2 is 1.68 bits per heavy atom. The minimum absolute atomic E-state index is 0.0221. The van der Waals surface area contributed by atoms with Crippen molar-refractivity contribution in [1.29, 1.82) is 0 Å². The highest BCUT2D eigenvalue weighted by Crippen LogP contribution is 2.61. The van der Waals surface area contributed by atoms with Gasteiger partial charge in [0.25, 0.3) is 0 Å². The first-order chi connectivity index (χ1) is 27.9. The standard InChI is InChI=1S/C31H54N7O18P3S/c1-4-5-6-7-8-9-19(39)14-22(41)60-13-12-33-21(40)10-11-34-29(44)26(43)31(2,3)16-53-59(50,51)56-58(48,49)52-15-20-25(55-57(45,46)47)24(42)30(54-20)38-18-37-23-27(32)35-17-36-28(23)38/h17-20,24-26,30,39,42-43H,4-16H2,1-3H3,(H,33,40)(H,34,44)(H,48,49)(H,50,51)(H2,32,35,36)(H2,45,46,47)/t19-,20-,24-,25-,26+,30-/m1/s1. The lowest BCUT2D eigenvalue weighted by atomic mass is 9.87. The van der Waals surface area contributed by atoms with Gasteiger partial charge < -0.3 is 56.0 Å². The molecular formula is C31H54N7O18P3S. The highest BCUT2D eigenvalue weighted by molar-refractivity contribution is 8.13. The number of aliphatic hydroxyl groups is 3. The number of aliphatic hydroxyl groups excluding tert-OH is 3. The van der Waals surface area contributed by atoms with E-state index in [1.54, 1.807) is 0 Å². The van der Waals surface area contributed by atoms with Crippen molar-refractivity contribution in [2.45, 2.75) is 109 Å². The average molecular weight is 938 g/mol. The van der Waals surface area contributed by atoms with E-state index in [0.717, 1.165) is 61.1 Å². The number of rotatable bonds is 27. The number of ether oxygens (including phenoxy) is 1. The molecule has 25 nitrogen and oxygen atoms in total. The van der Waals surface area contributed by atoms with Gasteiger partial charge in [0, 0.05) is 37.1 Å². The Balaban J connectivity index is 1.42. The summed E-state index contributed by atoms with van der Waals surface area (Å²) in [5.41, 5.74) is 4.25. The van der Waals surface area contributed by atoms with Gasteiger partial charge in [0.1, 0.15) is 36.3 Å². The number of unbranched alkanes of at least 4 members (excludes halogenated alkanes) is 4. The van der Waals surface area contributed by atoms with Gasteiger partial charge in [0.15, 0.2) is 22.8 Å². The van der Waals surface area contributed by atoms with Crippen LogP contribution in [0.25, 0.3) is 11.2 Å². The average Bonchev–Trinajstić information content (AvgIpc) is 3.71. The Hall–Kier alpha value is -2.48. The normalized spacial score (nSPS) is 21.6. The monoisotopic (exact) mass is 937 g/mol. The van der Waals surface area contributed by atoms with Crippen molar-refractivity contribution in [2.24, 2.45) is 5.41 Å². The summed E-state index contributed by atoms with van der Waals surface area (Å²) >= 11 is 0.986. The number of thioether (sulfide) groups is 1. The molecule has 1 saturated heterocycles. The molecule has 2 amide bonds. The van der Waals surface area contributed by atoms with E-state index in [1.807, 2.05) is 0 Å². The van der Waals surface area contributed by atoms with E-state index < -0.39 is 90.7 Å². The summed E-state index contributed by atoms with van der Waals surface area (Å²) in [5.74, 6) is -1.23. The number of imidazole rings is 1. The number of nitrogens with two attached hydrogens (primary N) is 1. The summed E-state index contributed by atoms with van der Waals surface area (Å²) in [6, 6.07) is 0. The van der Waals surface area contributed by atoms with Gasteiger partial charge in [0.2, 0.25) is 11.8 Å². The number of carbonyl (C=O) groups is 3. The van der Waals surface area contributed by atoms with Crippen LogP contribution in [0.5, 0.6) is 0 Å². The Kier molecular flexibility index (Phi) is 20.1. The molecule has 0 aromatic carbocycles. The molecule has 3 rings (SSSR count). The molecule has 60 heavy (non-hydrogen) atoms. The maximum absolute atomic E-state index is 12.7. The Labute approximate surface area is 348 Å². The zero-order chi connectivity index (χ0) is 44.9. The zero-order valence-electron chi connectivity index (χ0n) is 33.0. The number of nitrogen functional groups attached to an aromatic ring is 1. The summed E-state index contributed by atoms with van der Waals surface area (Å²) < 4.78 is 62.2. The number of nitrogens with one attached hydrogen (secondary N) is 2. The second kappa shape index (κ2) is 23.3. The molecule has 1 aliphatic rings. The van der Waals surface area contributed by atoms with E-state index in [9.17, 15) is 63.0 Å². The number of nitrogens with zero attached hydrogens (tertiary/aromatic N) is 4. The molecule has 0 radical (unpaired) electrons. The molecular weight excluding hydrogens is 883 g/mol.